The van der Waals surface area contributed by atoms with Gasteiger partial charge in [-0.25, -0.2) is 0 Å². The second kappa shape index (κ2) is 5.29. The van der Waals surface area contributed by atoms with Gasteiger partial charge in [-0.05, 0) is 44.5 Å². The van der Waals surface area contributed by atoms with Gasteiger partial charge in [-0.2, -0.15) is 0 Å². The van der Waals surface area contributed by atoms with E-state index in [1.54, 1.807) is 7.11 Å². The van der Waals surface area contributed by atoms with Gasteiger partial charge in [-0.15, -0.1) is 0 Å². The van der Waals surface area contributed by atoms with Crippen molar-refractivity contribution in [1.29, 1.82) is 0 Å². The first-order chi connectivity index (χ1) is 9.28. The monoisotopic (exact) mass is 261 g/mol. The minimum absolute atomic E-state index is 0.713. The van der Waals surface area contributed by atoms with Crippen molar-refractivity contribution in [1.82, 2.24) is 4.90 Å². The van der Waals surface area contributed by atoms with Gasteiger partial charge in [0.1, 0.15) is 5.75 Å². The Kier molecular flexibility index (Phi) is 3.51. The second-order valence-electron chi connectivity index (χ2n) is 5.56. The first-order valence-electron chi connectivity index (χ1n) is 7.20. The Hall–Kier alpha value is -1.42. The maximum Gasteiger partial charge on any atom is 0.144 e. The number of hydrogen-bond donors (Lipinski definition) is 1. The van der Waals surface area contributed by atoms with Gasteiger partial charge < -0.3 is 15.4 Å². The summed E-state index contributed by atoms with van der Waals surface area (Å²) in [6, 6.07) is 6.67. The summed E-state index contributed by atoms with van der Waals surface area (Å²) in [5.41, 5.74) is 7.76. The number of nitrogens with zero attached hydrogens (tertiary/aromatic N) is 2. The molecule has 0 aliphatic carbocycles. The summed E-state index contributed by atoms with van der Waals surface area (Å²) in [6.07, 6.45) is 3.98. The Balaban J connectivity index is 1.73. The Bertz CT molecular complexity index is 443. The van der Waals surface area contributed by atoms with Crippen LogP contribution in [0.1, 0.15) is 19.3 Å². The number of rotatable bonds is 3. The number of likely N-dealkylation sites (tertiary alicyclic amines) is 1. The van der Waals surface area contributed by atoms with Crippen LogP contribution in [0.2, 0.25) is 0 Å². The van der Waals surface area contributed by atoms with E-state index in [4.69, 9.17) is 10.5 Å². The van der Waals surface area contributed by atoms with E-state index in [0.717, 1.165) is 24.5 Å². The van der Waals surface area contributed by atoms with E-state index >= 15 is 0 Å². The molecular weight excluding hydrogens is 238 g/mol. The molecule has 2 N–H and O–H groups in total. The highest BCUT2D eigenvalue weighted by Crippen LogP contribution is 2.33. The van der Waals surface area contributed by atoms with Crippen molar-refractivity contribution < 1.29 is 4.74 Å². The van der Waals surface area contributed by atoms with Gasteiger partial charge in [-0.3, -0.25) is 4.90 Å². The number of anilines is 2. The fraction of sp³-hybridized carbons (Fsp3) is 0.600. The van der Waals surface area contributed by atoms with Gasteiger partial charge in [0.15, 0.2) is 0 Å². The number of nitrogens with two attached hydrogens (primary N) is 1. The lowest BCUT2D eigenvalue weighted by Crippen LogP contribution is -2.35. The molecule has 1 aromatic rings. The lowest BCUT2D eigenvalue weighted by molar-refractivity contribution is 0.260. The minimum Gasteiger partial charge on any atom is -0.495 e. The molecule has 3 rings (SSSR count). The maximum absolute atomic E-state index is 5.82. The van der Waals surface area contributed by atoms with E-state index in [-0.39, 0.29) is 0 Å². The number of ether oxygens (including phenoxy) is 1. The van der Waals surface area contributed by atoms with Crippen molar-refractivity contribution >= 4 is 11.4 Å². The summed E-state index contributed by atoms with van der Waals surface area (Å²) in [6.45, 7) is 4.77. The molecule has 4 heteroatoms. The van der Waals surface area contributed by atoms with E-state index in [1.165, 1.54) is 38.0 Å². The van der Waals surface area contributed by atoms with Gasteiger partial charge in [-0.1, -0.05) is 0 Å². The zero-order valence-corrected chi connectivity index (χ0v) is 11.6. The summed E-state index contributed by atoms with van der Waals surface area (Å²) in [5.74, 6) is 0.891. The van der Waals surface area contributed by atoms with Gasteiger partial charge >= 0.3 is 0 Å². The standard InChI is InChI=1S/C15H23N3O/c1-19-15-10-12(16)4-5-14(15)18-9-6-13(11-18)17-7-2-3-8-17/h4-5,10,13H,2-3,6-9,11,16H2,1H3/t13-/m1/s1. The molecule has 2 heterocycles. The van der Waals surface area contributed by atoms with Gasteiger partial charge in [0, 0.05) is 30.9 Å². The molecule has 2 fully saturated rings. The fourth-order valence-corrected chi connectivity index (χ4v) is 3.32. The second-order valence-corrected chi connectivity index (χ2v) is 5.56. The highest BCUT2D eigenvalue weighted by molar-refractivity contribution is 5.64. The largest absolute Gasteiger partial charge is 0.495 e. The van der Waals surface area contributed by atoms with Crippen molar-refractivity contribution in [2.45, 2.75) is 25.3 Å². The van der Waals surface area contributed by atoms with Crippen molar-refractivity contribution in [3.63, 3.8) is 0 Å². The van der Waals surface area contributed by atoms with Gasteiger partial charge in [0.2, 0.25) is 0 Å². The molecule has 0 aromatic heterocycles. The molecule has 2 saturated heterocycles. The summed E-state index contributed by atoms with van der Waals surface area (Å²) in [5, 5.41) is 0. The van der Waals surface area contributed by atoms with Crippen LogP contribution in [0.25, 0.3) is 0 Å². The average molecular weight is 261 g/mol. The summed E-state index contributed by atoms with van der Waals surface area (Å²) in [4.78, 5) is 5.07. The third-order valence-corrected chi connectivity index (χ3v) is 4.36. The number of methoxy groups -OCH3 is 1. The van der Waals surface area contributed by atoms with Crippen LogP contribution in [0.4, 0.5) is 11.4 Å². The number of benzene rings is 1. The van der Waals surface area contributed by atoms with Crippen LogP contribution in [0.3, 0.4) is 0 Å². The average Bonchev–Trinajstić information content (AvgIpc) is 3.09. The van der Waals surface area contributed by atoms with E-state index in [2.05, 4.69) is 15.9 Å². The molecule has 0 unspecified atom stereocenters. The van der Waals surface area contributed by atoms with Crippen molar-refractivity contribution in [3.8, 4) is 5.75 Å². The Morgan fingerprint density at radius 1 is 1.21 bits per heavy atom. The van der Waals surface area contributed by atoms with Crippen LogP contribution in [-0.4, -0.2) is 44.2 Å². The molecule has 104 valence electrons. The zero-order chi connectivity index (χ0) is 13.2. The molecule has 0 spiro atoms. The summed E-state index contributed by atoms with van der Waals surface area (Å²) in [7, 11) is 1.71. The van der Waals surface area contributed by atoms with E-state index in [1.807, 2.05) is 12.1 Å². The summed E-state index contributed by atoms with van der Waals surface area (Å²) >= 11 is 0. The molecule has 0 saturated carbocycles. The lowest BCUT2D eigenvalue weighted by atomic mass is 10.2. The predicted octanol–water partition coefficient (Wildman–Crippen LogP) is 1.95. The molecule has 2 aliphatic heterocycles. The van der Waals surface area contributed by atoms with Crippen molar-refractivity contribution in [2.24, 2.45) is 0 Å². The van der Waals surface area contributed by atoms with Crippen molar-refractivity contribution in [3.05, 3.63) is 18.2 Å². The Labute approximate surface area is 115 Å². The highest BCUT2D eigenvalue weighted by atomic mass is 16.5. The third kappa shape index (κ3) is 2.50. The van der Waals surface area contributed by atoms with Crippen LogP contribution >= 0.6 is 0 Å². The van der Waals surface area contributed by atoms with Gasteiger partial charge in [0.05, 0.1) is 12.8 Å². The highest BCUT2D eigenvalue weighted by Gasteiger charge is 2.30. The Morgan fingerprint density at radius 2 is 2.00 bits per heavy atom. The molecule has 0 amide bonds. The van der Waals surface area contributed by atoms with Crippen LogP contribution in [0, 0.1) is 0 Å². The molecule has 0 bridgehead atoms. The maximum atomic E-state index is 5.82. The molecule has 1 aromatic carbocycles. The third-order valence-electron chi connectivity index (χ3n) is 4.36. The van der Waals surface area contributed by atoms with E-state index in [0.29, 0.717) is 6.04 Å². The smallest absolute Gasteiger partial charge is 0.144 e. The number of hydrogen-bond acceptors (Lipinski definition) is 4. The van der Waals surface area contributed by atoms with Crippen LogP contribution in [0.15, 0.2) is 18.2 Å². The van der Waals surface area contributed by atoms with Crippen LogP contribution in [0.5, 0.6) is 5.75 Å². The van der Waals surface area contributed by atoms with E-state index in [9.17, 15) is 0 Å². The molecule has 19 heavy (non-hydrogen) atoms. The van der Waals surface area contributed by atoms with Crippen LogP contribution in [-0.2, 0) is 0 Å². The first-order valence-corrected chi connectivity index (χ1v) is 7.20. The predicted molar refractivity (Wildman–Crippen MR) is 78.8 cm³/mol. The Morgan fingerprint density at radius 3 is 2.74 bits per heavy atom. The van der Waals surface area contributed by atoms with Crippen molar-refractivity contribution in [2.75, 3.05) is 43.9 Å². The minimum atomic E-state index is 0.713. The topological polar surface area (TPSA) is 41.7 Å². The molecule has 4 nitrogen and oxygen atoms in total. The zero-order valence-electron chi connectivity index (χ0n) is 11.6. The first kappa shape index (κ1) is 12.6. The normalized spacial score (nSPS) is 24.1. The van der Waals surface area contributed by atoms with Gasteiger partial charge in [0.25, 0.3) is 0 Å². The molecular formula is C15H23N3O. The fourth-order valence-electron chi connectivity index (χ4n) is 3.32. The lowest BCUT2D eigenvalue weighted by Gasteiger charge is -2.25. The molecule has 2 aliphatic rings. The van der Waals surface area contributed by atoms with Crippen LogP contribution < -0.4 is 15.4 Å². The number of nitrogen functional groups attached to an aromatic ring is 1. The SMILES string of the molecule is COc1cc(N)ccc1N1CC[C@@H](N2CCCC2)C1. The summed E-state index contributed by atoms with van der Waals surface area (Å²) < 4.78 is 5.46. The molecule has 1 atom stereocenters. The molecule has 0 radical (unpaired) electrons. The quantitative estimate of drug-likeness (QED) is 0.845. The van der Waals surface area contributed by atoms with E-state index < -0.39 is 0 Å².